The van der Waals surface area contributed by atoms with Crippen LogP contribution in [0.1, 0.15) is 57.8 Å². The number of carbonyl (C=O) groups is 2. The largest absolute Gasteiger partial charge is 0.354 e. The number of nitrogens with one attached hydrogen (secondary N) is 2. The van der Waals surface area contributed by atoms with Crippen LogP contribution in [-0.2, 0) is 9.59 Å². The molecule has 4 aliphatic carbocycles. The quantitative estimate of drug-likeness (QED) is 0.835. The molecule has 4 nitrogen and oxygen atoms in total. The van der Waals surface area contributed by atoms with Gasteiger partial charge in [-0.3, -0.25) is 9.59 Å². The topological polar surface area (TPSA) is 58.2 Å². The van der Waals surface area contributed by atoms with Crippen molar-refractivity contribution in [1.29, 1.82) is 0 Å². The Morgan fingerprint density at radius 2 is 1.76 bits per heavy atom. The summed E-state index contributed by atoms with van der Waals surface area (Å²) >= 11 is 0. The molecular weight excluding hydrogens is 264 g/mol. The smallest absolute Gasteiger partial charge is 0.220 e. The molecule has 5 rings (SSSR count). The molecule has 1 atom stereocenters. The molecule has 0 aromatic heterocycles. The summed E-state index contributed by atoms with van der Waals surface area (Å²) in [5.41, 5.74) is 0.316. The van der Waals surface area contributed by atoms with Crippen LogP contribution in [0, 0.1) is 23.2 Å². The molecule has 5 aliphatic rings. The minimum Gasteiger partial charge on any atom is -0.354 e. The maximum absolute atomic E-state index is 12.5. The normalized spacial score (nSPS) is 44.5. The second kappa shape index (κ2) is 4.99. The molecule has 4 saturated carbocycles. The van der Waals surface area contributed by atoms with Gasteiger partial charge in [-0.25, -0.2) is 0 Å². The lowest BCUT2D eigenvalue weighted by Gasteiger charge is -2.56. The van der Waals surface area contributed by atoms with Crippen LogP contribution in [0.2, 0.25) is 0 Å². The van der Waals surface area contributed by atoms with Gasteiger partial charge in [-0.2, -0.15) is 0 Å². The molecule has 0 radical (unpaired) electrons. The first-order valence-electron chi connectivity index (χ1n) is 8.66. The van der Waals surface area contributed by atoms with Gasteiger partial charge in [0.05, 0.1) is 0 Å². The SMILES string of the molecule is O=C1CCC(NC(=O)CC23CC4CC(CC(C4)C2)C3)CN1. The van der Waals surface area contributed by atoms with Crippen molar-refractivity contribution in [1.82, 2.24) is 10.6 Å². The number of rotatable bonds is 3. The fourth-order valence-electron chi connectivity index (χ4n) is 5.98. The Morgan fingerprint density at radius 1 is 1.14 bits per heavy atom. The Hall–Kier alpha value is -1.06. The van der Waals surface area contributed by atoms with E-state index < -0.39 is 0 Å². The maximum atomic E-state index is 12.5. The standard InChI is InChI=1S/C17H26N2O2/c20-15-2-1-14(10-18-15)19-16(21)9-17-6-11-3-12(7-17)5-13(4-11)8-17/h11-14H,1-10H2,(H,18,20)(H,19,21). The van der Waals surface area contributed by atoms with E-state index in [1.165, 1.54) is 38.5 Å². The highest BCUT2D eigenvalue weighted by molar-refractivity contribution is 5.79. The first-order chi connectivity index (χ1) is 10.1. The first kappa shape index (κ1) is 13.6. The lowest BCUT2D eigenvalue weighted by atomic mass is 9.49. The third-order valence-electron chi connectivity index (χ3n) is 6.33. The van der Waals surface area contributed by atoms with Gasteiger partial charge < -0.3 is 10.6 Å². The van der Waals surface area contributed by atoms with Crippen LogP contribution in [-0.4, -0.2) is 24.4 Å². The zero-order valence-electron chi connectivity index (χ0n) is 12.7. The van der Waals surface area contributed by atoms with E-state index in [0.29, 0.717) is 18.4 Å². The molecule has 21 heavy (non-hydrogen) atoms. The highest BCUT2D eigenvalue weighted by atomic mass is 16.2. The van der Waals surface area contributed by atoms with Crippen molar-refractivity contribution < 1.29 is 9.59 Å². The number of piperidine rings is 1. The molecule has 1 saturated heterocycles. The summed E-state index contributed by atoms with van der Waals surface area (Å²) in [4.78, 5) is 23.6. The van der Waals surface area contributed by atoms with Crippen LogP contribution in [0.3, 0.4) is 0 Å². The number of hydrogen-bond donors (Lipinski definition) is 2. The minimum atomic E-state index is 0.113. The van der Waals surface area contributed by atoms with E-state index in [0.717, 1.165) is 30.6 Å². The van der Waals surface area contributed by atoms with Gasteiger partial charge >= 0.3 is 0 Å². The number of carbonyl (C=O) groups excluding carboxylic acids is 2. The minimum absolute atomic E-state index is 0.113. The predicted molar refractivity (Wildman–Crippen MR) is 79.4 cm³/mol. The van der Waals surface area contributed by atoms with Gasteiger partial charge in [0.1, 0.15) is 0 Å². The van der Waals surface area contributed by atoms with Gasteiger partial charge in [0.15, 0.2) is 0 Å². The third-order valence-corrected chi connectivity index (χ3v) is 6.33. The van der Waals surface area contributed by atoms with Crippen molar-refractivity contribution in [3.05, 3.63) is 0 Å². The Kier molecular flexibility index (Phi) is 3.23. The summed E-state index contributed by atoms with van der Waals surface area (Å²) < 4.78 is 0. The fraction of sp³-hybridized carbons (Fsp3) is 0.882. The Balaban J connectivity index is 1.35. The third kappa shape index (κ3) is 2.69. The van der Waals surface area contributed by atoms with Crippen molar-refractivity contribution in [2.24, 2.45) is 23.2 Å². The van der Waals surface area contributed by atoms with Crippen LogP contribution >= 0.6 is 0 Å². The van der Waals surface area contributed by atoms with E-state index in [4.69, 9.17) is 0 Å². The molecule has 4 heteroatoms. The zero-order chi connectivity index (χ0) is 14.4. The number of hydrogen-bond acceptors (Lipinski definition) is 2. The Labute approximate surface area is 126 Å². The monoisotopic (exact) mass is 290 g/mol. The van der Waals surface area contributed by atoms with Crippen molar-refractivity contribution in [2.45, 2.75) is 63.8 Å². The van der Waals surface area contributed by atoms with E-state index in [2.05, 4.69) is 10.6 Å². The summed E-state index contributed by atoms with van der Waals surface area (Å²) in [6.07, 6.45) is 10.2. The van der Waals surface area contributed by atoms with Crippen LogP contribution in [0.15, 0.2) is 0 Å². The molecular formula is C17H26N2O2. The molecule has 2 N–H and O–H groups in total. The summed E-state index contributed by atoms with van der Waals surface area (Å²) in [7, 11) is 0. The summed E-state index contributed by atoms with van der Waals surface area (Å²) in [5.74, 6) is 3.04. The molecule has 1 aliphatic heterocycles. The lowest BCUT2D eigenvalue weighted by molar-refractivity contribution is -0.131. The van der Waals surface area contributed by atoms with Gasteiger partial charge in [-0.05, 0) is 68.1 Å². The van der Waals surface area contributed by atoms with Gasteiger partial charge in [0, 0.05) is 25.4 Å². The van der Waals surface area contributed by atoms with Gasteiger partial charge in [-0.15, -0.1) is 0 Å². The van der Waals surface area contributed by atoms with Crippen LogP contribution < -0.4 is 10.6 Å². The van der Waals surface area contributed by atoms with Crippen LogP contribution in [0.25, 0.3) is 0 Å². The molecule has 0 aromatic carbocycles. The highest BCUT2D eigenvalue weighted by Gasteiger charge is 2.51. The average Bonchev–Trinajstić information content (AvgIpc) is 2.39. The second-order valence-corrected chi connectivity index (χ2v) is 8.20. The molecule has 1 unspecified atom stereocenters. The average molecular weight is 290 g/mol. The predicted octanol–water partition coefficient (Wildman–Crippen LogP) is 1.99. The lowest BCUT2D eigenvalue weighted by Crippen LogP contribution is -2.51. The van der Waals surface area contributed by atoms with E-state index in [-0.39, 0.29) is 17.9 Å². The fourth-order valence-corrected chi connectivity index (χ4v) is 5.98. The summed E-state index contributed by atoms with van der Waals surface area (Å²) in [6.45, 7) is 0.603. The second-order valence-electron chi connectivity index (χ2n) is 8.20. The number of amides is 2. The van der Waals surface area contributed by atoms with E-state index in [1.54, 1.807) is 0 Å². The molecule has 1 heterocycles. The van der Waals surface area contributed by atoms with E-state index >= 15 is 0 Å². The molecule has 4 bridgehead atoms. The first-order valence-corrected chi connectivity index (χ1v) is 8.66. The van der Waals surface area contributed by atoms with Crippen molar-refractivity contribution in [3.63, 3.8) is 0 Å². The zero-order valence-corrected chi connectivity index (χ0v) is 12.7. The van der Waals surface area contributed by atoms with Crippen LogP contribution in [0.5, 0.6) is 0 Å². The molecule has 0 spiro atoms. The summed E-state index contributed by atoms with van der Waals surface area (Å²) in [6, 6.07) is 0.143. The van der Waals surface area contributed by atoms with Gasteiger partial charge in [0.2, 0.25) is 11.8 Å². The summed E-state index contributed by atoms with van der Waals surface area (Å²) in [5, 5.41) is 6.00. The molecule has 5 fully saturated rings. The molecule has 2 amide bonds. The van der Waals surface area contributed by atoms with Gasteiger partial charge in [-0.1, -0.05) is 0 Å². The van der Waals surface area contributed by atoms with E-state index in [9.17, 15) is 9.59 Å². The van der Waals surface area contributed by atoms with E-state index in [1.807, 2.05) is 0 Å². The maximum Gasteiger partial charge on any atom is 0.220 e. The van der Waals surface area contributed by atoms with Crippen LogP contribution in [0.4, 0.5) is 0 Å². The van der Waals surface area contributed by atoms with Crippen molar-refractivity contribution in [2.75, 3.05) is 6.54 Å². The molecule has 116 valence electrons. The van der Waals surface area contributed by atoms with Crippen molar-refractivity contribution in [3.8, 4) is 0 Å². The van der Waals surface area contributed by atoms with Gasteiger partial charge in [0.25, 0.3) is 0 Å². The van der Waals surface area contributed by atoms with Crippen molar-refractivity contribution >= 4 is 11.8 Å². The Bertz CT molecular complexity index is 414. The Morgan fingerprint density at radius 3 is 2.29 bits per heavy atom. The molecule has 0 aromatic rings. The highest BCUT2D eigenvalue weighted by Crippen LogP contribution is 2.61.